The number of hydrogen-bond acceptors (Lipinski definition) is 5. The van der Waals surface area contributed by atoms with Gasteiger partial charge < -0.3 is 4.52 Å². The van der Waals surface area contributed by atoms with E-state index < -0.39 is 10.0 Å². The number of hydrogen-bond donors (Lipinski definition) is 0. The first kappa shape index (κ1) is 15.7. The largest absolute Gasteiger partial charge is 0.338 e. The molecule has 0 saturated heterocycles. The highest BCUT2D eigenvalue weighted by Gasteiger charge is 2.20. The third-order valence-electron chi connectivity index (χ3n) is 3.04. The van der Waals surface area contributed by atoms with E-state index in [9.17, 15) is 8.42 Å². The van der Waals surface area contributed by atoms with Crippen molar-refractivity contribution in [2.45, 2.75) is 26.8 Å². The Labute approximate surface area is 124 Å². The Kier molecular flexibility index (Phi) is 4.74. The number of benzene rings is 1. The van der Waals surface area contributed by atoms with Gasteiger partial charge in [-0.3, -0.25) is 0 Å². The lowest BCUT2D eigenvalue weighted by Crippen LogP contribution is -2.28. The van der Waals surface area contributed by atoms with Crippen LogP contribution in [0.1, 0.15) is 24.8 Å². The maximum atomic E-state index is 11.9. The van der Waals surface area contributed by atoms with Gasteiger partial charge in [0.25, 0.3) is 0 Å². The molecule has 0 fully saturated rings. The summed E-state index contributed by atoms with van der Waals surface area (Å²) in [4.78, 5) is 4.25. The highest BCUT2D eigenvalue weighted by Crippen LogP contribution is 2.17. The molecule has 21 heavy (non-hydrogen) atoms. The zero-order valence-electron chi connectivity index (χ0n) is 12.4. The number of rotatable bonds is 6. The van der Waals surface area contributed by atoms with Crippen LogP contribution in [-0.4, -0.2) is 35.7 Å². The molecule has 0 saturated carbocycles. The first-order valence-corrected chi connectivity index (χ1v) is 8.37. The highest BCUT2D eigenvalue weighted by molar-refractivity contribution is 7.89. The SMILES string of the molecule is CCCS(=O)(=O)N(C)Cc1nc(-c2cccc(C)c2)no1. The van der Waals surface area contributed by atoms with Crippen LogP contribution in [0.15, 0.2) is 28.8 Å². The molecule has 0 N–H and O–H groups in total. The van der Waals surface area contributed by atoms with Gasteiger partial charge in [0.1, 0.15) is 0 Å². The summed E-state index contributed by atoms with van der Waals surface area (Å²) in [6.07, 6.45) is 0.574. The molecular formula is C14H19N3O3S. The molecule has 0 amide bonds. The summed E-state index contributed by atoms with van der Waals surface area (Å²) >= 11 is 0. The van der Waals surface area contributed by atoms with Crippen molar-refractivity contribution >= 4 is 10.0 Å². The molecule has 0 aliphatic carbocycles. The third kappa shape index (κ3) is 3.89. The summed E-state index contributed by atoms with van der Waals surface area (Å²) in [5, 5.41) is 3.90. The van der Waals surface area contributed by atoms with Crippen LogP contribution in [-0.2, 0) is 16.6 Å². The first-order chi connectivity index (χ1) is 9.92. The lowest BCUT2D eigenvalue weighted by molar-refractivity contribution is 0.336. The second kappa shape index (κ2) is 6.36. The zero-order valence-corrected chi connectivity index (χ0v) is 13.2. The molecule has 0 spiro atoms. The van der Waals surface area contributed by atoms with Gasteiger partial charge in [0.2, 0.25) is 21.7 Å². The first-order valence-electron chi connectivity index (χ1n) is 6.76. The van der Waals surface area contributed by atoms with Crippen LogP contribution in [0.25, 0.3) is 11.4 Å². The average molecular weight is 309 g/mol. The molecule has 1 heterocycles. The summed E-state index contributed by atoms with van der Waals surface area (Å²) in [5.41, 5.74) is 1.95. The van der Waals surface area contributed by atoms with Crippen molar-refractivity contribution in [1.82, 2.24) is 14.4 Å². The third-order valence-corrected chi connectivity index (χ3v) is 5.04. The fourth-order valence-electron chi connectivity index (χ4n) is 1.92. The van der Waals surface area contributed by atoms with Crippen LogP contribution < -0.4 is 0 Å². The molecule has 0 aliphatic rings. The van der Waals surface area contributed by atoms with Crippen LogP contribution >= 0.6 is 0 Å². The topological polar surface area (TPSA) is 76.3 Å². The van der Waals surface area contributed by atoms with E-state index >= 15 is 0 Å². The lowest BCUT2D eigenvalue weighted by atomic mass is 10.1. The van der Waals surface area contributed by atoms with E-state index in [1.165, 1.54) is 11.4 Å². The van der Waals surface area contributed by atoms with Gasteiger partial charge in [0.05, 0.1) is 12.3 Å². The van der Waals surface area contributed by atoms with Gasteiger partial charge >= 0.3 is 0 Å². The molecule has 1 aromatic heterocycles. The quantitative estimate of drug-likeness (QED) is 0.817. The van der Waals surface area contributed by atoms with Crippen molar-refractivity contribution in [2.75, 3.05) is 12.8 Å². The Balaban J connectivity index is 2.14. The van der Waals surface area contributed by atoms with Crippen molar-refractivity contribution in [3.05, 3.63) is 35.7 Å². The van der Waals surface area contributed by atoms with Gasteiger partial charge in [-0.05, 0) is 19.4 Å². The molecule has 2 aromatic rings. The standard InChI is InChI=1S/C14H19N3O3S/c1-4-8-21(18,19)17(3)10-13-15-14(16-20-13)12-7-5-6-11(2)9-12/h5-7,9H,4,8,10H2,1-3H3. The lowest BCUT2D eigenvalue weighted by Gasteiger charge is -2.13. The Morgan fingerprint density at radius 3 is 2.76 bits per heavy atom. The second-order valence-corrected chi connectivity index (χ2v) is 7.15. The molecule has 0 unspecified atom stereocenters. The maximum Gasteiger partial charge on any atom is 0.242 e. The maximum absolute atomic E-state index is 11.9. The Bertz CT molecular complexity index is 710. The number of aryl methyl sites for hydroxylation is 1. The molecule has 2 rings (SSSR count). The smallest absolute Gasteiger partial charge is 0.242 e. The minimum atomic E-state index is -3.27. The zero-order chi connectivity index (χ0) is 15.5. The van der Waals surface area contributed by atoms with Crippen molar-refractivity contribution in [3.63, 3.8) is 0 Å². The fourth-order valence-corrected chi connectivity index (χ4v) is 3.06. The van der Waals surface area contributed by atoms with Crippen LogP contribution in [0, 0.1) is 6.92 Å². The molecule has 1 aromatic carbocycles. The van der Waals surface area contributed by atoms with E-state index in [1.54, 1.807) is 0 Å². The van der Waals surface area contributed by atoms with E-state index in [-0.39, 0.29) is 18.2 Å². The van der Waals surface area contributed by atoms with Gasteiger partial charge in [-0.25, -0.2) is 8.42 Å². The molecule has 0 bridgehead atoms. The van der Waals surface area contributed by atoms with Crippen molar-refractivity contribution in [2.24, 2.45) is 0 Å². The summed E-state index contributed by atoms with van der Waals surface area (Å²) in [6.45, 7) is 3.89. The van der Waals surface area contributed by atoms with E-state index in [0.29, 0.717) is 12.2 Å². The van der Waals surface area contributed by atoms with E-state index in [0.717, 1.165) is 11.1 Å². The number of sulfonamides is 1. The monoisotopic (exact) mass is 309 g/mol. The Morgan fingerprint density at radius 2 is 2.10 bits per heavy atom. The predicted octanol–water partition coefficient (Wildman–Crippen LogP) is 2.22. The molecule has 0 aliphatic heterocycles. The van der Waals surface area contributed by atoms with Gasteiger partial charge in [-0.15, -0.1) is 0 Å². The summed E-state index contributed by atoms with van der Waals surface area (Å²) in [6, 6.07) is 7.74. The van der Waals surface area contributed by atoms with Crippen molar-refractivity contribution < 1.29 is 12.9 Å². The van der Waals surface area contributed by atoms with Crippen LogP contribution in [0.5, 0.6) is 0 Å². The number of nitrogens with zero attached hydrogens (tertiary/aromatic N) is 3. The van der Waals surface area contributed by atoms with E-state index in [1.807, 2.05) is 38.1 Å². The average Bonchev–Trinajstić information content (AvgIpc) is 2.87. The Hall–Kier alpha value is -1.73. The van der Waals surface area contributed by atoms with Crippen LogP contribution in [0.3, 0.4) is 0 Å². The van der Waals surface area contributed by atoms with Crippen LogP contribution in [0.4, 0.5) is 0 Å². The normalized spacial score (nSPS) is 12.0. The van der Waals surface area contributed by atoms with E-state index in [2.05, 4.69) is 10.1 Å². The highest BCUT2D eigenvalue weighted by atomic mass is 32.2. The van der Waals surface area contributed by atoms with Crippen molar-refractivity contribution in [3.8, 4) is 11.4 Å². The minimum Gasteiger partial charge on any atom is -0.338 e. The van der Waals surface area contributed by atoms with E-state index in [4.69, 9.17) is 4.52 Å². The van der Waals surface area contributed by atoms with Gasteiger partial charge in [0, 0.05) is 12.6 Å². The molecule has 0 radical (unpaired) electrons. The van der Waals surface area contributed by atoms with Gasteiger partial charge in [-0.2, -0.15) is 9.29 Å². The summed E-state index contributed by atoms with van der Waals surface area (Å²) in [7, 11) is -1.75. The second-order valence-electron chi connectivity index (χ2n) is 4.95. The fraction of sp³-hybridized carbons (Fsp3) is 0.429. The van der Waals surface area contributed by atoms with Gasteiger partial charge in [-0.1, -0.05) is 35.8 Å². The predicted molar refractivity (Wildman–Crippen MR) is 80.0 cm³/mol. The van der Waals surface area contributed by atoms with Gasteiger partial charge in [0.15, 0.2) is 0 Å². The number of aromatic nitrogens is 2. The molecular weight excluding hydrogens is 290 g/mol. The molecule has 6 nitrogen and oxygen atoms in total. The summed E-state index contributed by atoms with van der Waals surface area (Å²) < 4.78 is 30.2. The summed E-state index contributed by atoms with van der Waals surface area (Å²) in [5.74, 6) is 0.867. The molecule has 0 atom stereocenters. The Morgan fingerprint density at radius 1 is 1.33 bits per heavy atom. The molecule has 114 valence electrons. The van der Waals surface area contributed by atoms with Crippen molar-refractivity contribution in [1.29, 1.82) is 0 Å². The van der Waals surface area contributed by atoms with Crippen LogP contribution in [0.2, 0.25) is 0 Å². The minimum absolute atomic E-state index is 0.0845. The molecule has 7 heteroatoms.